The predicted molar refractivity (Wildman–Crippen MR) is 72.8 cm³/mol. The van der Waals surface area contributed by atoms with E-state index >= 15 is 0 Å². The van der Waals surface area contributed by atoms with Crippen molar-refractivity contribution in [1.82, 2.24) is 5.32 Å². The summed E-state index contributed by atoms with van der Waals surface area (Å²) < 4.78 is 43.6. The Kier molecular flexibility index (Phi) is 5.17. The molecule has 3 nitrogen and oxygen atoms in total. The van der Waals surface area contributed by atoms with E-state index < -0.39 is 17.6 Å². The molecule has 0 aromatic heterocycles. The quantitative estimate of drug-likeness (QED) is 0.807. The monoisotopic (exact) mass is 307 g/mol. The number of nitrogens with one attached hydrogen (secondary N) is 1. The zero-order chi connectivity index (χ0) is 15.5. The zero-order valence-electron chi connectivity index (χ0n) is 12.5. The number of halogens is 3. The van der Waals surface area contributed by atoms with E-state index in [1.165, 1.54) is 0 Å². The molecule has 2 aliphatic carbocycles. The Labute approximate surface area is 123 Å². The standard InChI is InChI=1S/C15H24F3NO2/c1-2-21-13(20)14(19-12-5-3-4-6-12)9-7-11(8-10-14)15(16,17)18/h11-12,19H,2-10H2,1H3. The van der Waals surface area contributed by atoms with Gasteiger partial charge in [0.15, 0.2) is 0 Å². The van der Waals surface area contributed by atoms with Crippen molar-refractivity contribution >= 4 is 5.97 Å². The van der Waals surface area contributed by atoms with Gasteiger partial charge in [-0.15, -0.1) is 0 Å². The van der Waals surface area contributed by atoms with Crippen LogP contribution in [0.1, 0.15) is 58.3 Å². The van der Waals surface area contributed by atoms with E-state index in [4.69, 9.17) is 4.74 Å². The number of rotatable bonds is 4. The molecule has 0 aliphatic heterocycles. The van der Waals surface area contributed by atoms with Gasteiger partial charge in [0.2, 0.25) is 0 Å². The highest BCUT2D eigenvalue weighted by atomic mass is 19.4. The van der Waals surface area contributed by atoms with Gasteiger partial charge in [0.25, 0.3) is 0 Å². The molecule has 0 saturated heterocycles. The minimum absolute atomic E-state index is 0.00202. The molecule has 0 spiro atoms. The van der Waals surface area contributed by atoms with Crippen LogP contribution < -0.4 is 5.32 Å². The van der Waals surface area contributed by atoms with Crippen molar-refractivity contribution < 1.29 is 22.7 Å². The van der Waals surface area contributed by atoms with Crippen LogP contribution in [0.25, 0.3) is 0 Å². The van der Waals surface area contributed by atoms with Crippen LogP contribution in [0.5, 0.6) is 0 Å². The molecule has 0 atom stereocenters. The lowest BCUT2D eigenvalue weighted by atomic mass is 9.75. The molecule has 2 aliphatic rings. The molecule has 0 heterocycles. The highest BCUT2D eigenvalue weighted by molar-refractivity contribution is 5.81. The largest absolute Gasteiger partial charge is 0.465 e. The Morgan fingerprint density at radius 2 is 1.76 bits per heavy atom. The van der Waals surface area contributed by atoms with Crippen molar-refractivity contribution in [2.45, 2.75) is 76.0 Å². The lowest BCUT2D eigenvalue weighted by molar-refractivity contribution is -0.189. The molecule has 0 aromatic rings. The van der Waals surface area contributed by atoms with Crippen LogP contribution in [0.15, 0.2) is 0 Å². The molecule has 0 unspecified atom stereocenters. The van der Waals surface area contributed by atoms with Crippen LogP contribution in [0.3, 0.4) is 0 Å². The third-order valence-corrected chi connectivity index (χ3v) is 4.80. The second kappa shape index (κ2) is 6.55. The van der Waals surface area contributed by atoms with Crippen LogP contribution in [0.4, 0.5) is 13.2 Å². The first-order valence-electron chi connectivity index (χ1n) is 7.89. The minimum atomic E-state index is -4.16. The Morgan fingerprint density at radius 3 is 2.24 bits per heavy atom. The zero-order valence-corrected chi connectivity index (χ0v) is 12.5. The molecule has 21 heavy (non-hydrogen) atoms. The van der Waals surface area contributed by atoms with E-state index in [2.05, 4.69) is 5.32 Å². The van der Waals surface area contributed by atoms with Gasteiger partial charge in [0, 0.05) is 6.04 Å². The first-order chi connectivity index (χ1) is 9.87. The summed E-state index contributed by atoms with van der Waals surface area (Å²) in [6, 6.07) is 0.233. The summed E-state index contributed by atoms with van der Waals surface area (Å²) in [6.45, 7) is 1.98. The molecule has 2 saturated carbocycles. The van der Waals surface area contributed by atoms with Gasteiger partial charge in [-0.1, -0.05) is 12.8 Å². The van der Waals surface area contributed by atoms with Crippen molar-refractivity contribution in [3.8, 4) is 0 Å². The van der Waals surface area contributed by atoms with E-state index in [9.17, 15) is 18.0 Å². The van der Waals surface area contributed by atoms with Gasteiger partial charge in [-0.25, -0.2) is 0 Å². The molecular formula is C15H24F3NO2. The van der Waals surface area contributed by atoms with Crippen LogP contribution in [-0.2, 0) is 9.53 Å². The van der Waals surface area contributed by atoms with Crippen molar-refractivity contribution in [2.75, 3.05) is 6.61 Å². The number of hydrogen-bond acceptors (Lipinski definition) is 3. The molecule has 2 rings (SSSR count). The summed E-state index contributed by atoms with van der Waals surface area (Å²) in [4.78, 5) is 12.3. The Balaban J connectivity index is 2.05. The summed E-state index contributed by atoms with van der Waals surface area (Å²) in [6.07, 6.45) is 0.481. The Hall–Kier alpha value is -0.780. The van der Waals surface area contributed by atoms with Crippen LogP contribution in [0.2, 0.25) is 0 Å². The van der Waals surface area contributed by atoms with Gasteiger partial charge in [-0.05, 0) is 45.4 Å². The fourth-order valence-corrected chi connectivity index (χ4v) is 3.58. The maximum atomic E-state index is 12.8. The average molecular weight is 307 g/mol. The summed E-state index contributed by atoms with van der Waals surface area (Å²) in [5.74, 6) is -1.66. The fourth-order valence-electron chi connectivity index (χ4n) is 3.58. The molecule has 6 heteroatoms. The number of hydrogen-bond donors (Lipinski definition) is 1. The normalized spacial score (nSPS) is 31.3. The fraction of sp³-hybridized carbons (Fsp3) is 0.933. The van der Waals surface area contributed by atoms with Gasteiger partial charge >= 0.3 is 12.1 Å². The minimum Gasteiger partial charge on any atom is -0.465 e. The van der Waals surface area contributed by atoms with Gasteiger partial charge in [0.1, 0.15) is 5.54 Å². The van der Waals surface area contributed by atoms with Gasteiger partial charge < -0.3 is 4.74 Å². The highest BCUT2D eigenvalue weighted by Crippen LogP contribution is 2.42. The number of esters is 1. The molecule has 1 N–H and O–H groups in total. The number of ether oxygens (including phenoxy) is 1. The van der Waals surface area contributed by atoms with Gasteiger partial charge in [0.05, 0.1) is 12.5 Å². The first kappa shape index (κ1) is 16.6. The molecule has 0 amide bonds. The number of alkyl halides is 3. The van der Waals surface area contributed by atoms with E-state index in [1.807, 2.05) is 0 Å². The molecule has 0 bridgehead atoms. The van der Waals surface area contributed by atoms with Crippen LogP contribution >= 0.6 is 0 Å². The maximum absolute atomic E-state index is 12.8. The van der Waals surface area contributed by atoms with E-state index in [-0.39, 0.29) is 44.3 Å². The third-order valence-electron chi connectivity index (χ3n) is 4.80. The molecule has 2 fully saturated rings. The summed E-state index contributed by atoms with van der Waals surface area (Å²) in [5, 5.41) is 3.35. The lowest BCUT2D eigenvalue weighted by Gasteiger charge is -2.41. The van der Waals surface area contributed by atoms with Crippen molar-refractivity contribution in [3.05, 3.63) is 0 Å². The highest BCUT2D eigenvalue weighted by Gasteiger charge is 2.50. The van der Waals surface area contributed by atoms with Crippen molar-refractivity contribution in [2.24, 2.45) is 5.92 Å². The Bertz CT molecular complexity index is 356. The van der Waals surface area contributed by atoms with E-state index in [1.54, 1.807) is 6.92 Å². The van der Waals surface area contributed by atoms with E-state index in [0.717, 1.165) is 25.7 Å². The topological polar surface area (TPSA) is 38.3 Å². The third kappa shape index (κ3) is 3.90. The summed E-state index contributed by atoms with van der Waals surface area (Å²) in [7, 11) is 0. The van der Waals surface area contributed by atoms with Gasteiger partial charge in [-0.3, -0.25) is 10.1 Å². The molecule has 122 valence electrons. The lowest BCUT2D eigenvalue weighted by Crippen LogP contribution is -2.58. The number of carbonyl (C=O) groups is 1. The van der Waals surface area contributed by atoms with Crippen molar-refractivity contribution in [3.63, 3.8) is 0 Å². The average Bonchev–Trinajstić information content (AvgIpc) is 2.91. The molecule has 0 aromatic carbocycles. The number of carbonyl (C=O) groups excluding carboxylic acids is 1. The SMILES string of the molecule is CCOC(=O)C1(NC2CCCC2)CCC(C(F)(F)F)CC1. The van der Waals surface area contributed by atoms with Crippen molar-refractivity contribution in [1.29, 1.82) is 0 Å². The Morgan fingerprint density at radius 1 is 1.19 bits per heavy atom. The second-order valence-electron chi connectivity index (χ2n) is 6.24. The van der Waals surface area contributed by atoms with Gasteiger partial charge in [-0.2, -0.15) is 13.2 Å². The predicted octanol–water partition coefficient (Wildman–Crippen LogP) is 3.57. The van der Waals surface area contributed by atoms with Crippen LogP contribution in [-0.4, -0.2) is 30.3 Å². The van der Waals surface area contributed by atoms with E-state index in [0.29, 0.717) is 0 Å². The maximum Gasteiger partial charge on any atom is 0.391 e. The van der Waals surface area contributed by atoms with Crippen LogP contribution in [0, 0.1) is 5.92 Å². The molecular weight excluding hydrogens is 283 g/mol. The smallest absolute Gasteiger partial charge is 0.391 e. The first-order valence-corrected chi connectivity index (χ1v) is 7.89. The summed E-state index contributed by atoms with van der Waals surface area (Å²) in [5.41, 5.74) is -0.910. The summed E-state index contributed by atoms with van der Waals surface area (Å²) >= 11 is 0. The molecule has 0 radical (unpaired) electrons. The second-order valence-corrected chi connectivity index (χ2v) is 6.24.